The van der Waals surface area contributed by atoms with Gasteiger partial charge in [0.1, 0.15) is 0 Å². The number of aryl methyl sites for hydroxylation is 2. The second-order valence-electron chi connectivity index (χ2n) is 8.17. The molecule has 0 aliphatic carbocycles. The Balaban J connectivity index is 2.04. The van der Waals surface area contributed by atoms with E-state index in [0.29, 0.717) is 31.8 Å². The predicted molar refractivity (Wildman–Crippen MR) is 114 cm³/mol. The summed E-state index contributed by atoms with van der Waals surface area (Å²) < 4.78 is 2.00. The molecule has 1 aromatic heterocycles. The van der Waals surface area contributed by atoms with Crippen LogP contribution >= 0.6 is 0 Å². The molecule has 1 heterocycles. The van der Waals surface area contributed by atoms with Crippen LogP contribution in [0.2, 0.25) is 0 Å². The summed E-state index contributed by atoms with van der Waals surface area (Å²) in [4.78, 5) is 25.3. The number of rotatable bonds is 10. The van der Waals surface area contributed by atoms with Crippen molar-refractivity contribution >= 4 is 11.9 Å². The maximum absolute atomic E-state index is 12.7. The van der Waals surface area contributed by atoms with Crippen LogP contribution in [0.15, 0.2) is 24.3 Å². The molecule has 0 fully saturated rings. The Morgan fingerprint density at radius 3 is 2.34 bits per heavy atom. The van der Waals surface area contributed by atoms with Crippen LogP contribution in [0.25, 0.3) is 0 Å². The summed E-state index contributed by atoms with van der Waals surface area (Å²) in [6.07, 6.45) is 0.960. The van der Waals surface area contributed by atoms with Crippen molar-refractivity contribution in [2.75, 3.05) is 13.1 Å². The zero-order chi connectivity index (χ0) is 21.6. The van der Waals surface area contributed by atoms with Crippen LogP contribution in [-0.2, 0) is 22.6 Å². The van der Waals surface area contributed by atoms with Crippen LogP contribution in [0.5, 0.6) is 0 Å². The number of carbonyl (C=O) groups excluding carboxylic acids is 1. The molecule has 6 heteroatoms. The summed E-state index contributed by atoms with van der Waals surface area (Å²) in [5.74, 6) is -0.575. The number of hydrogen-bond donors (Lipinski definition) is 1. The second-order valence-corrected chi connectivity index (χ2v) is 8.17. The Hall–Kier alpha value is -2.63. The first-order valence-corrected chi connectivity index (χ1v) is 10.2. The Kier molecular flexibility index (Phi) is 8.00. The number of carboxylic acid groups (broad SMARTS) is 1. The molecule has 0 unspecified atom stereocenters. The molecule has 0 aliphatic heterocycles. The highest BCUT2D eigenvalue weighted by Gasteiger charge is 2.18. The third kappa shape index (κ3) is 6.73. The first-order chi connectivity index (χ1) is 13.7. The zero-order valence-corrected chi connectivity index (χ0v) is 18.2. The molecule has 0 aliphatic rings. The molecule has 0 atom stereocenters. The van der Waals surface area contributed by atoms with Gasteiger partial charge in [-0.15, -0.1) is 0 Å². The number of nitrogens with zero attached hydrogens (tertiary/aromatic N) is 3. The number of aromatic nitrogens is 2. The van der Waals surface area contributed by atoms with Crippen LogP contribution in [0.1, 0.15) is 54.8 Å². The van der Waals surface area contributed by atoms with E-state index in [1.165, 1.54) is 11.1 Å². The molecule has 0 radical (unpaired) electrons. The van der Waals surface area contributed by atoms with Gasteiger partial charge in [0.2, 0.25) is 5.91 Å². The Labute approximate surface area is 173 Å². The number of amides is 1. The van der Waals surface area contributed by atoms with Crippen molar-refractivity contribution in [1.82, 2.24) is 14.7 Å². The van der Waals surface area contributed by atoms with Crippen molar-refractivity contribution in [3.05, 3.63) is 52.3 Å². The van der Waals surface area contributed by atoms with Crippen molar-refractivity contribution in [2.24, 2.45) is 5.92 Å². The third-order valence-corrected chi connectivity index (χ3v) is 5.11. The molecule has 1 amide bonds. The standard InChI is InChI=1S/C23H33N3O3/c1-16(2)14-25(13-12-23(28)29)22(27)11-10-21-18(4)24-26(19(21)5)15-20-8-6-17(3)7-9-20/h6-9,16H,10-15H2,1-5H3,(H,28,29). The first kappa shape index (κ1) is 22.7. The molecular formula is C23H33N3O3. The minimum Gasteiger partial charge on any atom is -0.481 e. The Morgan fingerprint density at radius 2 is 1.76 bits per heavy atom. The number of carbonyl (C=O) groups is 2. The zero-order valence-electron chi connectivity index (χ0n) is 18.2. The number of benzene rings is 1. The first-order valence-electron chi connectivity index (χ1n) is 10.2. The predicted octanol–water partition coefficient (Wildman–Crippen LogP) is 3.75. The molecule has 2 aromatic rings. The SMILES string of the molecule is Cc1ccc(Cn2nc(C)c(CCC(=O)N(CCC(=O)O)CC(C)C)c2C)cc1. The average molecular weight is 400 g/mol. The van der Waals surface area contributed by atoms with Gasteiger partial charge >= 0.3 is 5.97 Å². The van der Waals surface area contributed by atoms with Crippen LogP contribution in [-0.4, -0.2) is 44.8 Å². The average Bonchev–Trinajstić information content (AvgIpc) is 2.91. The van der Waals surface area contributed by atoms with E-state index >= 15 is 0 Å². The Morgan fingerprint density at radius 1 is 1.10 bits per heavy atom. The Bertz CT molecular complexity index is 838. The lowest BCUT2D eigenvalue weighted by molar-refractivity contribution is -0.138. The molecule has 1 N–H and O–H groups in total. The monoisotopic (exact) mass is 399 g/mol. The normalized spacial score (nSPS) is 11.1. The van der Waals surface area contributed by atoms with Crippen molar-refractivity contribution in [3.8, 4) is 0 Å². The number of carboxylic acids is 1. The smallest absolute Gasteiger partial charge is 0.305 e. The maximum atomic E-state index is 12.7. The highest BCUT2D eigenvalue weighted by molar-refractivity contribution is 5.77. The van der Waals surface area contributed by atoms with Gasteiger partial charge in [0.25, 0.3) is 0 Å². The van der Waals surface area contributed by atoms with Crippen LogP contribution in [0.3, 0.4) is 0 Å². The fourth-order valence-corrected chi connectivity index (χ4v) is 3.50. The largest absolute Gasteiger partial charge is 0.481 e. The van der Waals surface area contributed by atoms with Crippen molar-refractivity contribution in [1.29, 1.82) is 0 Å². The molecule has 0 bridgehead atoms. The van der Waals surface area contributed by atoms with Gasteiger partial charge in [-0.25, -0.2) is 0 Å². The van der Waals surface area contributed by atoms with Crippen LogP contribution < -0.4 is 0 Å². The minimum absolute atomic E-state index is 0.00466. The lowest BCUT2D eigenvalue weighted by Crippen LogP contribution is -2.36. The summed E-state index contributed by atoms with van der Waals surface area (Å²) in [6, 6.07) is 8.42. The lowest BCUT2D eigenvalue weighted by atomic mass is 10.1. The maximum Gasteiger partial charge on any atom is 0.305 e. The molecule has 0 saturated carbocycles. The van der Waals surface area contributed by atoms with Crippen LogP contribution in [0, 0.1) is 26.7 Å². The van der Waals surface area contributed by atoms with Gasteiger partial charge in [-0.2, -0.15) is 5.10 Å². The van der Waals surface area contributed by atoms with Gasteiger partial charge < -0.3 is 10.0 Å². The molecule has 0 saturated heterocycles. The van der Waals surface area contributed by atoms with Gasteiger partial charge in [-0.3, -0.25) is 14.3 Å². The number of hydrogen-bond acceptors (Lipinski definition) is 3. The molecule has 29 heavy (non-hydrogen) atoms. The van der Waals surface area contributed by atoms with E-state index in [1.807, 2.05) is 32.4 Å². The van der Waals surface area contributed by atoms with Gasteiger partial charge in [-0.05, 0) is 44.2 Å². The molecular weight excluding hydrogens is 366 g/mol. The quantitative estimate of drug-likeness (QED) is 0.660. The molecule has 6 nitrogen and oxygen atoms in total. The van der Waals surface area contributed by atoms with Gasteiger partial charge in [0, 0.05) is 25.2 Å². The molecule has 1 aromatic carbocycles. The van der Waals surface area contributed by atoms with Crippen LogP contribution in [0.4, 0.5) is 0 Å². The topological polar surface area (TPSA) is 75.4 Å². The van der Waals surface area contributed by atoms with E-state index in [0.717, 1.165) is 17.0 Å². The summed E-state index contributed by atoms with van der Waals surface area (Å²) in [5, 5.41) is 13.6. The van der Waals surface area contributed by atoms with Gasteiger partial charge in [-0.1, -0.05) is 43.7 Å². The summed E-state index contributed by atoms with van der Waals surface area (Å²) in [7, 11) is 0. The van der Waals surface area contributed by atoms with E-state index in [1.54, 1.807) is 4.90 Å². The van der Waals surface area contributed by atoms with Gasteiger partial charge in [0.15, 0.2) is 0 Å². The molecule has 158 valence electrons. The fourth-order valence-electron chi connectivity index (χ4n) is 3.50. The number of aliphatic carboxylic acids is 1. The van der Waals surface area contributed by atoms with E-state index in [2.05, 4.69) is 36.3 Å². The molecule has 0 spiro atoms. The third-order valence-electron chi connectivity index (χ3n) is 5.11. The summed E-state index contributed by atoms with van der Waals surface area (Å²) >= 11 is 0. The van der Waals surface area contributed by atoms with E-state index < -0.39 is 5.97 Å². The summed E-state index contributed by atoms with van der Waals surface area (Å²) in [5.41, 5.74) is 5.56. The second kappa shape index (κ2) is 10.2. The van der Waals surface area contributed by atoms with Crippen molar-refractivity contribution in [3.63, 3.8) is 0 Å². The van der Waals surface area contributed by atoms with Gasteiger partial charge in [0.05, 0.1) is 18.7 Å². The lowest BCUT2D eigenvalue weighted by Gasteiger charge is -2.24. The van der Waals surface area contributed by atoms with E-state index in [-0.39, 0.29) is 18.9 Å². The highest BCUT2D eigenvalue weighted by Crippen LogP contribution is 2.18. The van der Waals surface area contributed by atoms with E-state index in [4.69, 9.17) is 5.11 Å². The van der Waals surface area contributed by atoms with Crippen molar-refractivity contribution < 1.29 is 14.7 Å². The fraction of sp³-hybridized carbons (Fsp3) is 0.522. The highest BCUT2D eigenvalue weighted by atomic mass is 16.4. The van der Waals surface area contributed by atoms with Crippen molar-refractivity contribution in [2.45, 2.75) is 60.4 Å². The molecule has 2 rings (SSSR count). The minimum atomic E-state index is -0.879. The van der Waals surface area contributed by atoms with E-state index in [9.17, 15) is 9.59 Å². The summed E-state index contributed by atoms with van der Waals surface area (Å²) in [6.45, 7) is 11.7.